The lowest BCUT2D eigenvalue weighted by Gasteiger charge is -2.28. The molecule has 1 aliphatic rings. The van der Waals surface area contributed by atoms with Gasteiger partial charge in [-0.3, -0.25) is 14.6 Å². The molecule has 5 rings (SSSR count). The number of rotatable bonds is 11. The molecule has 2 aromatic carbocycles. The van der Waals surface area contributed by atoms with Gasteiger partial charge >= 0.3 is 0 Å². The number of methoxy groups -OCH3 is 1. The zero-order valence-electron chi connectivity index (χ0n) is 22.1. The summed E-state index contributed by atoms with van der Waals surface area (Å²) < 4.78 is 12.6. The molecule has 38 heavy (non-hydrogen) atoms. The Morgan fingerprint density at radius 1 is 1.08 bits per heavy atom. The minimum absolute atomic E-state index is 0.0580. The van der Waals surface area contributed by atoms with Gasteiger partial charge < -0.3 is 14.5 Å². The summed E-state index contributed by atoms with van der Waals surface area (Å²) in [5, 5.41) is 13.6. The maximum absolute atomic E-state index is 13.0. The van der Waals surface area contributed by atoms with Crippen LogP contribution in [0.3, 0.4) is 0 Å². The Balaban J connectivity index is 1.33. The Kier molecular flexibility index (Phi) is 8.42. The van der Waals surface area contributed by atoms with Crippen molar-refractivity contribution < 1.29 is 9.47 Å². The fourth-order valence-electron chi connectivity index (χ4n) is 4.85. The second kappa shape index (κ2) is 12.3. The highest BCUT2D eigenvalue weighted by Crippen LogP contribution is 2.16. The van der Waals surface area contributed by atoms with Crippen molar-refractivity contribution in [3.8, 4) is 5.75 Å². The number of ether oxygens (including phenoxy) is 2. The third kappa shape index (κ3) is 6.63. The van der Waals surface area contributed by atoms with Gasteiger partial charge in [0.15, 0.2) is 5.82 Å². The van der Waals surface area contributed by atoms with E-state index in [9.17, 15) is 4.79 Å². The van der Waals surface area contributed by atoms with E-state index in [-0.39, 0.29) is 5.56 Å². The summed E-state index contributed by atoms with van der Waals surface area (Å²) >= 11 is 0. The Morgan fingerprint density at radius 2 is 1.89 bits per heavy atom. The summed E-state index contributed by atoms with van der Waals surface area (Å²) in [6.45, 7) is 8.98. The standard InChI is InChI=1S/C28H35N7O3/c1-21-4-9-26-23(16-21)17-24(28(36)29-26)19-34(11-3-10-33-12-14-38-15-13-33)20-27-30-31-32-35(27)18-22-5-7-25(37-2)8-6-22/h4-9,16-17H,3,10-15,18-20H2,1-2H3,(H,29,36). The molecule has 200 valence electrons. The van der Waals surface area contributed by atoms with Crippen LogP contribution in [-0.2, 0) is 24.4 Å². The van der Waals surface area contributed by atoms with Crippen LogP contribution in [0.2, 0.25) is 0 Å². The molecule has 0 aliphatic carbocycles. The number of pyridine rings is 1. The molecule has 10 heteroatoms. The van der Waals surface area contributed by atoms with Gasteiger partial charge in [0.1, 0.15) is 5.75 Å². The molecule has 0 bridgehead atoms. The van der Waals surface area contributed by atoms with Crippen molar-refractivity contribution in [2.45, 2.75) is 33.0 Å². The van der Waals surface area contributed by atoms with Gasteiger partial charge in [0, 0.05) is 37.3 Å². The van der Waals surface area contributed by atoms with Gasteiger partial charge in [-0.15, -0.1) is 5.10 Å². The zero-order chi connectivity index (χ0) is 26.3. The molecule has 1 N–H and O–H groups in total. The second-order valence-corrected chi connectivity index (χ2v) is 9.83. The fraction of sp³-hybridized carbons (Fsp3) is 0.429. The van der Waals surface area contributed by atoms with Gasteiger partial charge in [-0.1, -0.05) is 23.8 Å². The monoisotopic (exact) mass is 517 g/mol. The van der Waals surface area contributed by atoms with Crippen molar-refractivity contribution in [3.63, 3.8) is 0 Å². The lowest BCUT2D eigenvalue weighted by Crippen LogP contribution is -2.38. The average molecular weight is 518 g/mol. The van der Waals surface area contributed by atoms with Crippen molar-refractivity contribution in [2.24, 2.45) is 0 Å². The molecule has 3 heterocycles. The highest BCUT2D eigenvalue weighted by atomic mass is 16.5. The van der Waals surface area contributed by atoms with Crippen LogP contribution in [0.5, 0.6) is 5.75 Å². The Morgan fingerprint density at radius 3 is 2.68 bits per heavy atom. The number of hydrogen-bond donors (Lipinski definition) is 1. The first-order valence-electron chi connectivity index (χ1n) is 13.1. The van der Waals surface area contributed by atoms with Crippen LogP contribution < -0.4 is 10.3 Å². The summed E-state index contributed by atoms with van der Waals surface area (Å²) in [6.07, 6.45) is 0.977. The molecule has 10 nitrogen and oxygen atoms in total. The number of aromatic nitrogens is 5. The number of nitrogens with one attached hydrogen (secondary N) is 1. The van der Waals surface area contributed by atoms with Crippen LogP contribution >= 0.6 is 0 Å². The molecule has 0 spiro atoms. The van der Waals surface area contributed by atoms with Gasteiger partial charge in [0.2, 0.25) is 0 Å². The lowest BCUT2D eigenvalue weighted by atomic mass is 10.1. The maximum atomic E-state index is 13.0. The number of aryl methyl sites for hydroxylation is 1. The van der Waals surface area contributed by atoms with Crippen LogP contribution in [0.15, 0.2) is 53.3 Å². The first-order chi connectivity index (χ1) is 18.6. The third-order valence-electron chi connectivity index (χ3n) is 6.99. The van der Waals surface area contributed by atoms with E-state index in [0.29, 0.717) is 19.6 Å². The number of fused-ring (bicyclic) bond motifs is 1. The van der Waals surface area contributed by atoms with Crippen molar-refractivity contribution in [1.29, 1.82) is 0 Å². The molecule has 1 aliphatic heterocycles. The molecule has 0 saturated carbocycles. The Labute approximate surface area is 222 Å². The number of nitrogens with zero attached hydrogens (tertiary/aromatic N) is 6. The van der Waals surface area contributed by atoms with E-state index in [1.54, 1.807) is 7.11 Å². The van der Waals surface area contributed by atoms with Crippen LogP contribution in [-0.4, -0.2) is 81.5 Å². The summed E-state index contributed by atoms with van der Waals surface area (Å²) in [7, 11) is 1.66. The first kappa shape index (κ1) is 26.0. The molecule has 2 aromatic heterocycles. The zero-order valence-corrected chi connectivity index (χ0v) is 22.1. The molecule has 0 unspecified atom stereocenters. The van der Waals surface area contributed by atoms with Crippen molar-refractivity contribution >= 4 is 10.9 Å². The van der Waals surface area contributed by atoms with Crippen LogP contribution in [0.1, 0.15) is 28.9 Å². The summed E-state index contributed by atoms with van der Waals surface area (Å²) in [6, 6.07) is 16.0. The molecule has 0 atom stereocenters. The normalized spacial score (nSPS) is 14.4. The van der Waals surface area contributed by atoms with Gasteiger partial charge in [0.25, 0.3) is 5.56 Å². The Bertz CT molecular complexity index is 1390. The van der Waals surface area contributed by atoms with Crippen LogP contribution in [0, 0.1) is 6.92 Å². The average Bonchev–Trinajstić information content (AvgIpc) is 3.36. The van der Waals surface area contributed by atoms with Gasteiger partial charge in [-0.2, -0.15) is 0 Å². The highest BCUT2D eigenvalue weighted by molar-refractivity contribution is 5.79. The summed E-state index contributed by atoms with van der Waals surface area (Å²) in [4.78, 5) is 20.7. The molecular formula is C28H35N7O3. The molecular weight excluding hydrogens is 482 g/mol. The van der Waals surface area contributed by atoms with E-state index in [2.05, 4.69) is 43.3 Å². The van der Waals surface area contributed by atoms with E-state index < -0.39 is 0 Å². The number of aromatic amines is 1. The van der Waals surface area contributed by atoms with Crippen molar-refractivity contribution in [1.82, 2.24) is 35.0 Å². The molecule has 0 radical (unpaired) electrons. The molecule has 0 amide bonds. The van der Waals surface area contributed by atoms with E-state index >= 15 is 0 Å². The van der Waals surface area contributed by atoms with Gasteiger partial charge in [-0.05, 0) is 71.6 Å². The number of H-pyrrole nitrogens is 1. The van der Waals surface area contributed by atoms with E-state index in [0.717, 1.165) is 85.0 Å². The lowest BCUT2D eigenvalue weighted by molar-refractivity contribution is 0.0358. The van der Waals surface area contributed by atoms with Crippen molar-refractivity contribution in [3.05, 3.63) is 81.4 Å². The van der Waals surface area contributed by atoms with E-state index in [1.165, 1.54) is 0 Å². The smallest absolute Gasteiger partial charge is 0.252 e. The largest absolute Gasteiger partial charge is 0.497 e. The minimum Gasteiger partial charge on any atom is -0.497 e. The number of morpholine rings is 1. The molecule has 1 fully saturated rings. The molecule has 4 aromatic rings. The Hall–Kier alpha value is -3.60. The SMILES string of the molecule is COc1ccc(Cn2nnnc2CN(CCCN2CCOCC2)Cc2cc3cc(C)ccc3[nH]c2=O)cc1. The summed E-state index contributed by atoms with van der Waals surface area (Å²) in [5.74, 6) is 1.58. The predicted octanol–water partition coefficient (Wildman–Crippen LogP) is 2.60. The minimum atomic E-state index is -0.0580. The van der Waals surface area contributed by atoms with Gasteiger partial charge in [0.05, 0.1) is 33.4 Å². The fourth-order valence-corrected chi connectivity index (χ4v) is 4.85. The topological polar surface area (TPSA) is 101 Å². The predicted molar refractivity (Wildman–Crippen MR) is 145 cm³/mol. The van der Waals surface area contributed by atoms with Crippen molar-refractivity contribution in [2.75, 3.05) is 46.5 Å². The highest BCUT2D eigenvalue weighted by Gasteiger charge is 2.17. The number of tetrazole rings is 1. The number of hydrogen-bond acceptors (Lipinski definition) is 8. The van der Waals surface area contributed by atoms with Gasteiger partial charge in [-0.25, -0.2) is 4.68 Å². The summed E-state index contributed by atoms with van der Waals surface area (Å²) in [5.41, 5.74) is 3.78. The van der Waals surface area contributed by atoms with Crippen LogP contribution in [0.25, 0.3) is 10.9 Å². The maximum Gasteiger partial charge on any atom is 0.252 e. The third-order valence-corrected chi connectivity index (χ3v) is 6.99. The van der Waals surface area contributed by atoms with E-state index in [1.807, 2.05) is 47.1 Å². The van der Waals surface area contributed by atoms with E-state index in [4.69, 9.17) is 9.47 Å². The molecule has 1 saturated heterocycles. The quantitative estimate of drug-likeness (QED) is 0.324. The second-order valence-electron chi connectivity index (χ2n) is 9.83. The van der Waals surface area contributed by atoms with Crippen LogP contribution in [0.4, 0.5) is 0 Å². The first-order valence-corrected chi connectivity index (χ1v) is 13.1. The number of benzene rings is 2.